The molecule has 0 aliphatic carbocycles. The normalized spacial score (nSPS) is 17.0. The number of ether oxygens (including phenoxy) is 2. The van der Waals surface area contributed by atoms with Crippen molar-refractivity contribution in [2.24, 2.45) is 0 Å². The first-order chi connectivity index (χ1) is 8.33. The molecule has 100 valence electrons. The number of rotatable bonds is 8. The number of nitrogens with one attached hydrogen (secondary N) is 1. The Labute approximate surface area is 104 Å². The Balaban J connectivity index is 1.90. The summed E-state index contributed by atoms with van der Waals surface area (Å²) in [6.07, 6.45) is 6.17. The van der Waals surface area contributed by atoms with Crippen molar-refractivity contribution in [3.8, 4) is 0 Å². The van der Waals surface area contributed by atoms with Crippen LogP contribution in [0.2, 0.25) is 0 Å². The van der Waals surface area contributed by atoms with Crippen LogP contribution in [0.4, 0.5) is 0 Å². The van der Waals surface area contributed by atoms with Gasteiger partial charge in [0.1, 0.15) is 6.61 Å². The number of hydrogen-bond donors (Lipinski definition) is 1. The van der Waals surface area contributed by atoms with Crippen LogP contribution in [0.1, 0.15) is 45.4 Å². The van der Waals surface area contributed by atoms with Crippen molar-refractivity contribution >= 4 is 5.97 Å². The van der Waals surface area contributed by atoms with Crippen molar-refractivity contribution in [3.05, 3.63) is 0 Å². The summed E-state index contributed by atoms with van der Waals surface area (Å²) in [6, 6.07) is 0. The minimum atomic E-state index is -0.0904. The van der Waals surface area contributed by atoms with Gasteiger partial charge >= 0.3 is 5.97 Å². The minimum Gasteiger partial charge on any atom is -0.463 e. The standard InChI is InChI=1S/C13H25NO3/c1-2-3-4-5-13(15)17-11-10-16-12-6-8-14-9-7-12/h12,14H,2-11H2,1H3. The van der Waals surface area contributed by atoms with E-state index in [2.05, 4.69) is 12.2 Å². The summed E-state index contributed by atoms with van der Waals surface area (Å²) in [5.74, 6) is -0.0904. The molecule has 1 N–H and O–H groups in total. The topological polar surface area (TPSA) is 47.6 Å². The van der Waals surface area contributed by atoms with Crippen molar-refractivity contribution in [2.75, 3.05) is 26.3 Å². The number of carbonyl (C=O) groups is 1. The first-order valence-electron chi connectivity index (χ1n) is 6.81. The van der Waals surface area contributed by atoms with E-state index < -0.39 is 0 Å². The Morgan fingerprint density at radius 2 is 2.00 bits per heavy atom. The molecule has 0 saturated carbocycles. The Bertz CT molecular complexity index is 203. The zero-order valence-corrected chi connectivity index (χ0v) is 10.9. The highest BCUT2D eigenvalue weighted by atomic mass is 16.6. The van der Waals surface area contributed by atoms with Gasteiger partial charge in [-0.15, -0.1) is 0 Å². The Morgan fingerprint density at radius 3 is 2.71 bits per heavy atom. The van der Waals surface area contributed by atoms with Gasteiger partial charge < -0.3 is 14.8 Å². The molecule has 1 heterocycles. The van der Waals surface area contributed by atoms with E-state index >= 15 is 0 Å². The number of esters is 1. The Morgan fingerprint density at radius 1 is 1.24 bits per heavy atom. The van der Waals surface area contributed by atoms with Crippen LogP contribution in [0.15, 0.2) is 0 Å². The molecule has 0 aromatic heterocycles. The van der Waals surface area contributed by atoms with E-state index in [9.17, 15) is 4.79 Å². The van der Waals surface area contributed by atoms with Gasteiger partial charge in [0.25, 0.3) is 0 Å². The van der Waals surface area contributed by atoms with Crippen LogP contribution in [0.3, 0.4) is 0 Å². The highest BCUT2D eigenvalue weighted by Crippen LogP contribution is 2.06. The average Bonchev–Trinajstić information content (AvgIpc) is 2.36. The lowest BCUT2D eigenvalue weighted by atomic mass is 10.1. The highest BCUT2D eigenvalue weighted by Gasteiger charge is 2.12. The van der Waals surface area contributed by atoms with Gasteiger partial charge in [-0.05, 0) is 32.4 Å². The first-order valence-corrected chi connectivity index (χ1v) is 6.81. The number of unbranched alkanes of at least 4 members (excludes halogenated alkanes) is 2. The van der Waals surface area contributed by atoms with E-state index in [1.807, 2.05) is 0 Å². The third-order valence-corrected chi connectivity index (χ3v) is 2.97. The van der Waals surface area contributed by atoms with Gasteiger partial charge in [-0.3, -0.25) is 4.79 Å². The van der Waals surface area contributed by atoms with E-state index in [-0.39, 0.29) is 5.97 Å². The molecular formula is C13H25NO3. The van der Waals surface area contributed by atoms with Gasteiger partial charge in [0.15, 0.2) is 0 Å². The molecule has 1 saturated heterocycles. The zero-order chi connectivity index (χ0) is 12.3. The van der Waals surface area contributed by atoms with E-state index in [0.29, 0.717) is 25.7 Å². The van der Waals surface area contributed by atoms with Crippen molar-refractivity contribution in [3.63, 3.8) is 0 Å². The van der Waals surface area contributed by atoms with Crippen molar-refractivity contribution < 1.29 is 14.3 Å². The highest BCUT2D eigenvalue weighted by molar-refractivity contribution is 5.69. The van der Waals surface area contributed by atoms with Gasteiger partial charge in [-0.25, -0.2) is 0 Å². The summed E-state index contributed by atoms with van der Waals surface area (Å²) in [6.45, 7) is 5.11. The molecule has 0 aromatic carbocycles. The van der Waals surface area contributed by atoms with Crippen molar-refractivity contribution in [1.29, 1.82) is 0 Å². The fourth-order valence-corrected chi connectivity index (χ4v) is 1.92. The van der Waals surface area contributed by atoms with Gasteiger partial charge in [-0.1, -0.05) is 19.8 Å². The van der Waals surface area contributed by atoms with Gasteiger partial charge in [-0.2, -0.15) is 0 Å². The lowest BCUT2D eigenvalue weighted by Crippen LogP contribution is -2.33. The molecule has 1 aliphatic rings. The summed E-state index contributed by atoms with van der Waals surface area (Å²) < 4.78 is 10.7. The molecule has 4 nitrogen and oxygen atoms in total. The summed E-state index contributed by atoms with van der Waals surface area (Å²) in [5.41, 5.74) is 0. The molecule has 0 spiro atoms. The van der Waals surface area contributed by atoms with Crippen LogP contribution < -0.4 is 5.32 Å². The molecule has 0 radical (unpaired) electrons. The molecule has 0 unspecified atom stereocenters. The van der Waals surface area contributed by atoms with Crippen LogP contribution in [-0.4, -0.2) is 38.4 Å². The van der Waals surface area contributed by atoms with Crippen LogP contribution in [-0.2, 0) is 14.3 Å². The maximum Gasteiger partial charge on any atom is 0.305 e. The van der Waals surface area contributed by atoms with Gasteiger partial charge in [0.05, 0.1) is 12.7 Å². The van der Waals surface area contributed by atoms with E-state index in [1.54, 1.807) is 0 Å². The van der Waals surface area contributed by atoms with Gasteiger partial charge in [0.2, 0.25) is 0 Å². The second-order valence-electron chi connectivity index (χ2n) is 4.50. The molecule has 0 amide bonds. The Hall–Kier alpha value is -0.610. The molecule has 1 aliphatic heterocycles. The maximum atomic E-state index is 11.3. The van der Waals surface area contributed by atoms with Crippen molar-refractivity contribution in [2.45, 2.75) is 51.6 Å². The van der Waals surface area contributed by atoms with E-state index in [1.165, 1.54) is 0 Å². The smallest absolute Gasteiger partial charge is 0.305 e. The molecule has 0 aromatic rings. The molecule has 1 rings (SSSR count). The molecule has 0 atom stereocenters. The fraction of sp³-hybridized carbons (Fsp3) is 0.923. The molecule has 1 fully saturated rings. The molecule has 0 bridgehead atoms. The first kappa shape index (κ1) is 14.5. The lowest BCUT2D eigenvalue weighted by molar-refractivity contribution is -0.146. The van der Waals surface area contributed by atoms with Crippen LogP contribution >= 0.6 is 0 Å². The monoisotopic (exact) mass is 243 g/mol. The summed E-state index contributed by atoms with van der Waals surface area (Å²) >= 11 is 0. The maximum absolute atomic E-state index is 11.3. The molecule has 4 heteroatoms. The SMILES string of the molecule is CCCCCC(=O)OCCOC1CCNCC1. The van der Waals surface area contributed by atoms with E-state index in [4.69, 9.17) is 9.47 Å². The lowest BCUT2D eigenvalue weighted by Gasteiger charge is -2.22. The largest absolute Gasteiger partial charge is 0.463 e. The average molecular weight is 243 g/mol. The van der Waals surface area contributed by atoms with Crippen molar-refractivity contribution in [1.82, 2.24) is 5.32 Å². The second kappa shape index (κ2) is 9.42. The van der Waals surface area contributed by atoms with E-state index in [0.717, 1.165) is 45.2 Å². The zero-order valence-electron chi connectivity index (χ0n) is 10.9. The predicted molar refractivity (Wildman–Crippen MR) is 66.9 cm³/mol. The summed E-state index contributed by atoms with van der Waals surface area (Å²) in [7, 11) is 0. The third-order valence-electron chi connectivity index (χ3n) is 2.97. The Kier molecular flexibility index (Phi) is 8.01. The predicted octanol–water partition coefficient (Wildman–Crippen LogP) is 1.88. The second-order valence-corrected chi connectivity index (χ2v) is 4.50. The van der Waals surface area contributed by atoms with Crippen LogP contribution in [0, 0.1) is 0 Å². The summed E-state index contributed by atoms with van der Waals surface area (Å²) in [5, 5.41) is 3.29. The number of carbonyl (C=O) groups excluding carboxylic acids is 1. The fourth-order valence-electron chi connectivity index (χ4n) is 1.92. The number of hydrogen-bond acceptors (Lipinski definition) is 4. The number of piperidine rings is 1. The minimum absolute atomic E-state index is 0.0904. The van der Waals surface area contributed by atoms with Gasteiger partial charge in [0, 0.05) is 6.42 Å². The molecular weight excluding hydrogens is 218 g/mol. The van der Waals surface area contributed by atoms with Crippen LogP contribution in [0.5, 0.6) is 0 Å². The molecule has 17 heavy (non-hydrogen) atoms. The quantitative estimate of drug-likeness (QED) is 0.522. The third kappa shape index (κ3) is 7.34. The summed E-state index contributed by atoms with van der Waals surface area (Å²) in [4.78, 5) is 11.3. The van der Waals surface area contributed by atoms with Crippen LogP contribution in [0.25, 0.3) is 0 Å².